The molecule has 7 heteroatoms. The maximum Gasteiger partial charge on any atom is 0.309 e. The van der Waals surface area contributed by atoms with Crippen LogP contribution >= 0.6 is 0 Å². The molecule has 7 nitrogen and oxygen atoms in total. The Balaban J connectivity index is 1.42. The van der Waals surface area contributed by atoms with Gasteiger partial charge in [-0.3, -0.25) is 9.59 Å². The number of hydrogen-bond acceptors (Lipinski definition) is 6. The number of anilines is 1. The average molecular weight is 318 g/mol. The second-order valence-corrected chi connectivity index (χ2v) is 6.01. The molecule has 3 heterocycles. The van der Waals surface area contributed by atoms with E-state index in [4.69, 9.17) is 4.74 Å². The molecule has 124 valence electrons. The molecule has 1 aromatic rings. The van der Waals surface area contributed by atoms with Crippen molar-refractivity contribution in [1.29, 1.82) is 0 Å². The first-order valence-corrected chi connectivity index (χ1v) is 8.20. The first kappa shape index (κ1) is 15.7. The lowest BCUT2D eigenvalue weighted by Crippen LogP contribution is -2.39. The molecule has 0 N–H and O–H groups in total. The Hall–Kier alpha value is -2.18. The highest BCUT2D eigenvalue weighted by Gasteiger charge is 2.28. The van der Waals surface area contributed by atoms with Crippen LogP contribution in [0.2, 0.25) is 0 Å². The van der Waals surface area contributed by atoms with E-state index in [1.54, 1.807) is 23.4 Å². The molecular weight excluding hydrogens is 296 g/mol. The van der Waals surface area contributed by atoms with Crippen molar-refractivity contribution in [2.45, 2.75) is 25.7 Å². The van der Waals surface area contributed by atoms with Gasteiger partial charge in [-0.25, -0.2) is 9.97 Å². The number of ether oxygens (including phenoxy) is 1. The summed E-state index contributed by atoms with van der Waals surface area (Å²) in [7, 11) is 0. The third-order valence-electron chi connectivity index (χ3n) is 4.46. The number of esters is 1. The number of carbonyl (C=O) groups excluding carboxylic acids is 2. The molecule has 23 heavy (non-hydrogen) atoms. The molecule has 0 unspecified atom stereocenters. The largest absolute Gasteiger partial charge is 0.455 e. The van der Waals surface area contributed by atoms with Gasteiger partial charge in [0.05, 0.1) is 5.92 Å². The van der Waals surface area contributed by atoms with Gasteiger partial charge in [0.1, 0.15) is 0 Å². The fraction of sp³-hybridized carbons (Fsp3) is 0.625. The molecule has 0 aliphatic carbocycles. The van der Waals surface area contributed by atoms with Crippen molar-refractivity contribution in [2.24, 2.45) is 5.92 Å². The molecule has 2 aliphatic heterocycles. The quantitative estimate of drug-likeness (QED) is 0.767. The molecule has 2 fully saturated rings. The SMILES string of the molecule is O=C(OCC(=O)N1CCCC1)C1CCN(c2ncccn2)CC1. The maximum atomic E-state index is 12.1. The van der Waals surface area contributed by atoms with E-state index in [-0.39, 0.29) is 24.4 Å². The number of amides is 1. The number of likely N-dealkylation sites (tertiary alicyclic amines) is 1. The van der Waals surface area contributed by atoms with Gasteiger partial charge in [-0.1, -0.05) is 0 Å². The predicted octanol–water partition coefficient (Wildman–Crippen LogP) is 0.859. The standard InChI is InChI=1S/C16H22N4O3/c21-14(19-8-1-2-9-19)12-23-15(22)13-4-10-20(11-5-13)16-17-6-3-7-18-16/h3,6-7,13H,1-2,4-5,8-12H2. The van der Waals surface area contributed by atoms with Crippen LogP contribution < -0.4 is 4.90 Å². The van der Waals surface area contributed by atoms with E-state index in [2.05, 4.69) is 14.9 Å². The normalized spacial score (nSPS) is 19.0. The zero-order valence-corrected chi connectivity index (χ0v) is 13.2. The fourth-order valence-corrected chi connectivity index (χ4v) is 3.08. The molecule has 3 rings (SSSR count). The van der Waals surface area contributed by atoms with Crippen LogP contribution in [0.1, 0.15) is 25.7 Å². The number of piperidine rings is 1. The summed E-state index contributed by atoms with van der Waals surface area (Å²) in [6, 6.07) is 1.78. The fourth-order valence-electron chi connectivity index (χ4n) is 3.08. The van der Waals surface area contributed by atoms with Crippen LogP contribution in [0.4, 0.5) is 5.95 Å². The van der Waals surface area contributed by atoms with Crippen LogP contribution in [0.5, 0.6) is 0 Å². The van der Waals surface area contributed by atoms with Gasteiger partial charge < -0.3 is 14.5 Å². The summed E-state index contributed by atoms with van der Waals surface area (Å²) in [4.78, 5) is 36.3. The molecule has 0 radical (unpaired) electrons. The Morgan fingerprint density at radius 1 is 1.09 bits per heavy atom. The highest BCUT2D eigenvalue weighted by molar-refractivity contribution is 5.81. The summed E-state index contributed by atoms with van der Waals surface area (Å²) in [5, 5.41) is 0. The van der Waals surface area contributed by atoms with Crippen LogP contribution in [0, 0.1) is 5.92 Å². The van der Waals surface area contributed by atoms with E-state index in [9.17, 15) is 9.59 Å². The van der Waals surface area contributed by atoms with Crippen molar-refractivity contribution in [3.05, 3.63) is 18.5 Å². The summed E-state index contributed by atoms with van der Waals surface area (Å²) in [6.07, 6.45) is 6.92. The van der Waals surface area contributed by atoms with Gasteiger partial charge in [-0.2, -0.15) is 0 Å². The predicted molar refractivity (Wildman–Crippen MR) is 83.7 cm³/mol. The van der Waals surface area contributed by atoms with Gasteiger partial charge in [-0.15, -0.1) is 0 Å². The summed E-state index contributed by atoms with van der Waals surface area (Å²) in [5.74, 6) is 0.224. The molecule has 0 aromatic carbocycles. The summed E-state index contributed by atoms with van der Waals surface area (Å²) < 4.78 is 5.22. The monoisotopic (exact) mass is 318 g/mol. The molecule has 2 saturated heterocycles. The maximum absolute atomic E-state index is 12.1. The van der Waals surface area contributed by atoms with Crippen molar-refractivity contribution in [1.82, 2.24) is 14.9 Å². The number of carbonyl (C=O) groups is 2. The second kappa shape index (κ2) is 7.39. The number of rotatable bonds is 4. The third-order valence-corrected chi connectivity index (χ3v) is 4.46. The summed E-state index contributed by atoms with van der Waals surface area (Å²) >= 11 is 0. The highest BCUT2D eigenvalue weighted by Crippen LogP contribution is 2.21. The van der Waals surface area contributed by atoms with E-state index in [0.29, 0.717) is 18.8 Å². The van der Waals surface area contributed by atoms with Crippen LogP contribution in [-0.4, -0.2) is 59.5 Å². The van der Waals surface area contributed by atoms with Crippen molar-refractivity contribution in [2.75, 3.05) is 37.7 Å². The Morgan fingerprint density at radius 3 is 2.39 bits per heavy atom. The first-order chi connectivity index (χ1) is 11.2. The van der Waals surface area contributed by atoms with E-state index in [0.717, 1.165) is 39.0 Å². The van der Waals surface area contributed by atoms with Crippen molar-refractivity contribution >= 4 is 17.8 Å². The van der Waals surface area contributed by atoms with Crippen LogP contribution in [0.15, 0.2) is 18.5 Å². The number of hydrogen-bond donors (Lipinski definition) is 0. The summed E-state index contributed by atoms with van der Waals surface area (Å²) in [6.45, 7) is 2.90. The van der Waals surface area contributed by atoms with Gasteiger partial charge in [0.2, 0.25) is 5.95 Å². The molecule has 1 aromatic heterocycles. The molecule has 0 bridgehead atoms. The zero-order chi connectivity index (χ0) is 16.1. The molecule has 0 atom stereocenters. The Bertz CT molecular complexity index is 538. The minimum Gasteiger partial charge on any atom is -0.455 e. The molecule has 0 spiro atoms. The zero-order valence-electron chi connectivity index (χ0n) is 13.2. The van der Waals surface area contributed by atoms with Crippen LogP contribution in [0.25, 0.3) is 0 Å². The van der Waals surface area contributed by atoms with Crippen LogP contribution in [-0.2, 0) is 14.3 Å². The lowest BCUT2D eigenvalue weighted by Gasteiger charge is -2.30. The minimum absolute atomic E-state index is 0.0778. The lowest BCUT2D eigenvalue weighted by molar-refractivity contribution is -0.155. The van der Waals surface area contributed by atoms with Crippen molar-refractivity contribution in [3.8, 4) is 0 Å². The lowest BCUT2D eigenvalue weighted by atomic mass is 9.97. The van der Waals surface area contributed by atoms with E-state index >= 15 is 0 Å². The van der Waals surface area contributed by atoms with Gasteiger partial charge in [0, 0.05) is 38.6 Å². The van der Waals surface area contributed by atoms with E-state index in [1.807, 2.05) is 0 Å². The summed E-state index contributed by atoms with van der Waals surface area (Å²) in [5.41, 5.74) is 0. The van der Waals surface area contributed by atoms with E-state index in [1.165, 1.54) is 0 Å². The van der Waals surface area contributed by atoms with E-state index < -0.39 is 0 Å². The second-order valence-electron chi connectivity index (χ2n) is 6.01. The molecule has 1 amide bonds. The topological polar surface area (TPSA) is 75.6 Å². The van der Waals surface area contributed by atoms with Gasteiger partial charge in [0.15, 0.2) is 6.61 Å². The third kappa shape index (κ3) is 3.97. The number of aromatic nitrogens is 2. The van der Waals surface area contributed by atoms with Gasteiger partial charge in [0.25, 0.3) is 5.91 Å². The smallest absolute Gasteiger partial charge is 0.309 e. The van der Waals surface area contributed by atoms with Crippen molar-refractivity contribution < 1.29 is 14.3 Å². The molecule has 2 aliphatic rings. The average Bonchev–Trinajstić information content (AvgIpc) is 3.15. The Kier molecular flexibility index (Phi) is 5.05. The molecular formula is C16H22N4O3. The number of nitrogens with zero attached hydrogens (tertiary/aromatic N) is 4. The van der Waals surface area contributed by atoms with Gasteiger partial charge >= 0.3 is 5.97 Å². The Labute approximate surface area is 135 Å². The Morgan fingerprint density at radius 2 is 1.74 bits per heavy atom. The van der Waals surface area contributed by atoms with Crippen molar-refractivity contribution in [3.63, 3.8) is 0 Å². The minimum atomic E-state index is -0.258. The van der Waals surface area contributed by atoms with Gasteiger partial charge in [-0.05, 0) is 31.7 Å². The molecule has 0 saturated carbocycles. The van der Waals surface area contributed by atoms with Crippen LogP contribution in [0.3, 0.4) is 0 Å². The highest BCUT2D eigenvalue weighted by atomic mass is 16.5. The first-order valence-electron chi connectivity index (χ1n) is 8.20.